The molecule has 0 spiro atoms. The van der Waals surface area contributed by atoms with Crippen molar-refractivity contribution in [2.45, 2.75) is 19.5 Å². The lowest BCUT2D eigenvalue weighted by atomic mass is 10.2. The molecule has 0 aromatic carbocycles. The van der Waals surface area contributed by atoms with E-state index in [1.54, 1.807) is 6.92 Å². The van der Waals surface area contributed by atoms with Gasteiger partial charge in [0, 0.05) is 6.42 Å². The van der Waals surface area contributed by atoms with Crippen molar-refractivity contribution >= 4 is 5.78 Å². The first-order chi connectivity index (χ1) is 4.20. The van der Waals surface area contributed by atoms with Crippen LogP contribution in [0, 0.1) is 0 Å². The third-order valence-corrected chi connectivity index (χ3v) is 1.19. The molecule has 3 nitrogen and oxygen atoms in total. The number of ketones is 1. The van der Waals surface area contributed by atoms with Crippen molar-refractivity contribution in [3.63, 3.8) is 0 Å². The topological polar surface area (TPSA) is 41.1 Å². The smallest absolute Gasteiger partial charge is 0.132 e. The molecule has 0 fully saturated rings. The van der Waals surface area contributed by atoms with Crippen molar-refractivity contribution in [1.29, 1.82) is 0 Å². The zero-order valence-electron chi connectivity index (χ0n) is 6.19. The average molecular weight is 130 g/mol. The van der Waals surface area contributed by atoms with Crippen LogP contribution in [0.2, 0.25) is 0 Å². The zero-order chi connectivity index (χ0) is 7.28. The first-order valence-electron chi connectivity index (χ1n) is 3.04. The number of nitrogens with one attached hydrogen (secondary N) is 2. The third-order valence-electron chi connectivity index (χ3n) is 1.19. The highest BCUT2D eigenvalue weighted by atomic mass is 16.1. The van der Waals surface area contributed by atoms with Crippen LogP contribution in [-0.2, 0) is 4.79 Å². The van der Waals surface area contributed by atoms with Crippen molar-refractivity contribution in [3.05, 3.63) is 0 Å². The normalized spacial score (nSPS) is 10.2. The van der Waals surface area contributed by atoms with E-state index in [2.05, 4.69) is 10.6 Å². The molecule has 0 aliphatic carbocycles. The fraction of sp³-hybridized carbons (Fsp3) is 0.833. The Hall–Kier alpha value is -0.410. The lowest BCUT2D eigenvalue weighted by Crippen LogP contribution is -2.38. The second-order valence-electron chi connectivity index (χ2n) is 2.04. The molecule has 0 aliphatic heterocycles. The van der Waals surface area contributed by atoms with Gasteiger partial charge in [-0.1, -0.05) is 0 Å². The SMILES string of the molecule is CNC(CC(C)=O)NC. The third kappa shape index (κ3) is 4.12. The van der Waals surface area contributed by atoms with Gasteiger partial charge in [0.1, 0.15) is 5.78 Å². The van der Waals surface area contributed by atoms with Crippen LogP contribution >= 0.6 is 0 Å². The Bertz CT molecular complexity index is 89.1. The molecule has 0 unspecified atom stereocenters. The Kier molecular flexibility index (Phi) is 4.26. The number of hydrogen-bond acceptors (Lipinski definition) is 3. The Morgan fingerprint density at radius 3 is 2.00 bits per heavy atom. The first kappa shape index (κ1) is 8.59. The average Bonchev–Trinajstić information content (AvgIpc) is 1.82. The van der Waals surface area contributed by atoms with Gasteiger partial charge in [0.15, 0.2) is 0 Å². The van der Waals surface area contributed by atoms with Gasteiger partial charge >= 0.3 is 0 Å². The molecule has 3 heteroatoms. The molecule has 0 saturated carbocycles. The van der Waals surface area contributed by atoms with Gasteiger partial charge < -0.3 is 10.6 Å². The molecule has 0 aromatic rings. The molecular formula is C6H14N2O. The van der Waals surface area contributed by atoms with Crippen molar-refractivity contribution in [2.75, 3.05) is 14.1 Å². The second kappa shape index (κ2) is 4.47. The van der Waals surface area contributed by atoms with Gasteiger partial charge in [-0.2, -0.15) is 0 Å². The summed E-state index contributed by atoms with van der Waals surface area (Å²) < 4.78 is 0. The van der Waals surface area contributed by atoms with Crippen molar-refractivity contribution < 1.29 is 4.79 Å². The molecule has 0 bridgehead atoms. The van der Waals surface area contributed by atoms with E-state index in [1.165, 1.54) is 0 Å². The fourth-order valence-corrected chi connectivity index (χ4v) is 0.636. The minimum atomic E-state index is 0.127. The van der Waals surface area contributed by atoms with E-state index in [9.17, 15) is 4.79 Å². The van der Waals surface area contributed by atoms with E-state index in [1.807, 2.05) is 14.1 Å². The molecule has 0 rings (SSSR count). The molecule has 0 radical (unpaired) electrons. The fourth-order valence-electron chi connectivity index (χ4n) is 0.636. The van der Waals surface area contributed by atoms with Crippen LogP contribution < -0.4 is 10.6 Å². The summed E-state index contributed by atoms with van der Waals surface area (Å²) in [6.45, 7) is 1.58. The maximum atomic E-state index is 10.5. The van der Waals surface area contributed by atoms with Gasteiger partial charge in [0.25, 0.3) is 0 Å². The molecule has 0 saturated heterocycles. The first-order valence-corrected chi connectivity index (χ1v) is 3.04. The summed E-state index contributed by atoms with van der Waals surface area (Å²) >= 11 is 0. The molecule has 0 aromatic heterocycles. The number of hydrogen-bond donors (Lipinski definition) is 2. The Morgan fingerprint density at radius 1 is 1.44 bits per heavy atom. The van der Waals surface area contributed by atoms with Gasteiger partial charge in [-0.25, -0.2) is 0 Å². The van der Waals surface area contributed by atoms with E-state index in [0.717, 1.165) is 0 Å². The highest BCUT2D eigenvalue weighted by Crippen LogP contribution is 1.85. The lowest BCUT2D eigenvalue weighted by molar-refractivity contribution is -0.117. The van der Waals surface area contributed by atoms with E-state index >= 15 is 0 Å². The monoisotopic (exact) mass is 130 g/mol. The predicted molar refractivity (Wildman–Crippen MR) is 37.2 cm³/mol. The van der Waals surface area contributed by atoms with Crippen molar-refractivity contribution in [2.24, 2.45) is 0 Å². The van der Waals surface area contributed by atoms with E-state index in [-0.39, 0.29) is 11.9 Å². The number of carbonyl (C=O) groups is 1. The van der Waals surface area contributed by atoms with Crippen molar-refractivity contribution in [3.8, 4) is 0 Å². The van der Waals surface area contributed by atoms with Crippen LogP contribution in [-0.4, -0.2) is 26.0 Å². The molecule has 0 amide bonds. The Balaban J connectivity index is 3.43. The van der Waals surface area contributed by atoms with Crippen LogP contribution in [0.5, 0.6) is 0 Å². The van der Waals surface area contributed by atoms with Gasteiger partial charge in [-0.3, -0.25) is 4.79 Å². The molecule has 9 heavy (non-hydrogen) atoms. The summed E-state index contributed by atoms with van der Waals surface area (Å²) in [7, 11) is 3.65. The number of carbonyl (C=O) groups excluding carboxylic acids is 1. The maximum Gasteiger partial charge on any atom is 0.132 e. The molecule has 0 aliphatic rings. The van der Waals surface area contributed by atoms with Crippen LogP contribution in [0.15, 0.2) is 0 Å². The largest absolute Gasteiger partial charge is 0.305 e. The second-order valence-corrected chi connectivity index (χ2v) is 2.04. The Morgan fingerprint density at radius 2 is 1.89 bits per heavy atom. The highest BCUT2D eigenvalue weighted by molar-refractivity contribution is 5.76. The van der Waals surface area contributed by atoms with E-state index in [0.29, 0.717) is 6.42 Å². The van der Waals surface area contributed by atoms with Crippen molar-refractivity contribution in [1.82, 2.24) is 10.6 Å². The molecule has 0 atom stereocenters. The van der Waals surface area contributed by atoms with Gasteiger partial charge in [-0.15, -0.1) is 0 Å². The van der Waals surface area contributed by atoms with Crippen LogP contribution in [0.25, 0.3) is 0 Å². The summed E-state index contributed by atoms with van der Waals surface area (Å²) in [6.07, 6.45) is 0.676. The van der Waals surface area contributed by atoms with E-state index < -0.39 is 0 Å². The van der Waals surface area contributed by atoms with Crippen LogP contribution in [0.1, 0.15) is 13.3 Å². The Labute approximate surface area is 55.8 Å². The zero-order valence-corrected chi connectivity index (χ0v) is 6.19. The minimum absolute atomic E-state index is 0.127. The van der Waals surface area contributed by atoms with Crippen LogP contribution in [0.4, 0.5) is 0 Å². The summed E-state index contributed by atoms with van der Waals surface area (Å²) in [5.74, 6) is 0.198. The van der Waals surface area contributed by atoms with Gasteiger partial charge in [-0.05, 0) is 21.0 Å². The molecule has 0 heterocycles. The van der Waals surface area contributed by atoms with Crippen LogP contribution in [0.3, 0.4) is 0 Å². The number of Topliss-reactive ketones (excluding diaryl/α,β-unsaturated/α-hetero) is 1. The van der Waals surface area contributed by atoms with Gasteiger partial charge in [0.05, 0.1) is 6.17 Å². The standard InChI is InChI=1S/C6H14N2O/c1-5(9)4-6(7-2)8-3/h6-8H,4H2,1-3H3. The highest BCUT2D eigenvalue weighted by Gasteiger charge is 2.03. The summed E-state index contributed by atoms with van der Waals surface area (Å²) in [6, 6.07) is 0. The minimum Gasteiger partial charge on any atom is -0.305 e. The van der Waals surface area contributed by atoms with E-state index in [4.69, 9.17) is 0 Å². The quantitative estimate of drug-likeness (QED) is 0.515. The summed E-state index contributed by atoms with van der Waals surface area (Å²) in [4.78, 5) is 10.5. The molecule has 2 N–H and O–H groups in total. The lowest BCUT2D eigenvalue weighted by Gasteiger charge is -2.11. The molecule has 54 valence electrons. The van der Waals surface area contributed by atoms with Gasteiger partial charge in [0.2, 0.25) is 0 Å². The maximum absolute atomic E-state index is 10.5. The number of rotatable bonds is 4. The molecular weight excluding hydrogens is 116 g/mol. The summed E-state index contributed by atoms with van der Waals surface area (Å²) in [5.41, 5.74) is 0. The predicted octanol–water partition coefficient (Wildman–Crippen LogP) is -0.270. The summed E-state index contributed by atoms with van der Waals surface area (Å²) in [5, 5.41) is 5.90.